The van der Waals surface area contributed by atoms with E-state index >= 15 is 0 Å². The molecule has 0 spiro atoms. The molecule has 7 heteroatoms. The Morgan fingerprint density at radius 2 is 1.84 bits per heavy atom. The maximum atomic E-state index is 11.3. The van der Waals surface area contributed by atoms with Crippen LogP contribution in [-0.2, 0) is 13.8 Å². The lowest BCUT2D eigenvalue weighted by Crippen LogP contribution is -2.26. The molecule has 1 amide bonds. The van der Waals surface area contributed by atoms with Crippen LogP contribution in [-0.4, -0.2) is 20.9 Å². The number of ether oxygens (including phenoxy) is 1. The Kier molecular flexibility index (Phi) is 4.81. The third-order valence-corrected chi connectivity index (χ3v) is 4.01. The van der Waals surface area contributed by atoms with Crippen LogP contribution in [0.2, 0.25) is 0 Å². The second kappa shape index (κ2) is 5.79. The number of nitrogens with two attached hydrogens (primary N) is 1. The molecule has 0 saturated carbocycles. The van der Waals surface area contributed by atoms with Gasteiger partial charge in [0, 0.05) is 10.7 Å². The summed E-state index contributed by atoms with van der Waals surface area (Å²) in [7, 11) is 1.53. The zero-order valence-corrected chi connectivity index (χ0v) is 12.5. The van der Waals surface area contributed by atoms with Gasteiger partial charge in [-0.1, -0.05) is 6.92 Å². The average Bonchev–Trinajstić information content (AvgIpc) is 2.25. The van der Waals surface area contributed by atoms with Crippen molar-refractivity contribution in [3.8, 4) is 5.75 Å². The van der Waals surface area contributed by atoms with Gasteiger partial charge in [0.05, 0.1) is 17.4 Å². The maximum Gasteiger partial charge on any atom is 0.261 e. The number of benzene rings is 1. The zero-order chi connectivity index (χ0) is 14.8. The van der Waals surface area contributed by atoms with E-state index in [-0.39, 0.29) is 11.5 Å². The number of carbonyl (C=O) groups is 1. The van der Waals surface area contributed by atoms with Crippen molar-refractivity contribution >= 4 is 25.6 Å². The number of aryl methyl sites for hydroxylation is 2. The Balaban J connectivity index is 3.02. The van der Waals surface area contributed by atoms with Crippen LogP contribution in [0.15, 0.2) is 17.0 Å². The Hall–Kier alpha value is -1.27. The summed E-state index contributed by atoms with van der Waals surface area (Å²) in [4.78, 5) is 10.9. The zero-order valence-electron chi connectivity index (χ0n) is 10.9. The summed E-state index contributed by atoms with van der Waals surface area (Å²) in [5.41, 5.74) is 6.41. The summed E-state index contributed by atoms with van der Waals surface area (Å²) in [6.07, 6.45) is 0. The van der Waals surface area contributed by atoms with E-state index in [0.29, 0.717) is 16.9 Å². The molecule has 1 atom stereocenters. The van der Waals surface area contributed by atoms with Crippen LogP contribution in [0.1, 0.15) is 18.1 Å². The molecular formula is C12H16ClNO4S. The van der Waals surface area contributed by atoms with Gasteiger partial charge in [0.1, 0.15) is 5.75 Å². The van der Waals surface area contributed by atoms with Gasteiger partial charge in [-0.05, 0) is 37.1 Å². The molecule has 106 valence electrons. The summed E-state index contributed by atoms with van der Waals surface area (Å²) < 4.78 is 28.1. The number of hydrogen-bond acceptors (Lipinski definition) is 4. The van der Waals surface area contributed by atoms with Crippen molar-refractivity contribution in [3.63, 3.8) is 0 Å². The molecule has 0 radical (unpaired) electrons. The molecule has 0 aliphatic heterocycles. The van der Waals surface area contributed by atoms with E-state index < -0.39 is 20.9 Å². The quantitative estimate of drug-likeness (QED) is 0.839. The van der Waals surface area contributed by atoms with Crippen LogP contribution >= 0.6 is 10.7 Å². The second-order valence-corrected chi connectivity index (χ2v) is 7.00. The van der Waals surface area contributed by atoms with Crippen LogP contribution in [0.5, 0.6) is 5.75 Å². The van der Waals surface area contributed by atoms with Gasteiger partial charge in [-0.15, -0.1) is 0 Å². The lowest BCUT2D eigenvalue weighted by Gasteiger charge is -2.15. The van der Waals surface area contributed by atoms with Crippen LogP contribution in [0, 0.1) is 19.8 Å². The Morgan fingerprint density at radius 3 is 2.21 bits per heavy atom. The van der Waals surface area contributed by atoms with Crippen LogP contribution in [0.4, 0.5) is 0 Å². The van der Waals surface area contributed by atoms with E-state index in [0.717, 1.165) is 0 Å². The van der Waals surface area contributed by atoms with E-state index in [9.17, 15) is 13.2 Å². The standard InChI is InChI=1S/C12H16ClNO4S/c1-7-4-10(19(13,16)17)5-8(2)11(7)18-6-9(3)12(14)15/h4-5,9H,6H2,1-3H3,(H2,14,15). The summed E-state index contributed by atoms with van der Waals surface area (Å²) in [5.74, 6) is -0.331. The van der Waals surface area contributed by atoms with E-state index in [1.165, 1.54) is 12.1 Å². The summed E-state index contributed by atoms with van der Waals surface area (Å²) >= 11 is 0. The monoisotopic (exact) mass is 305 g/mol. The number of rotatable bonds is 5. The molecule has 1 aromatic carbocycles. The van der Waals surface area contributed by atoms with Crippen molar-refractivity contribution in [2.24, 2.45) is 11.7 Å². The van der Waals surface area contributed by atoms with Gasteiger partial charge in [0.25, 0.3) is 9.05 Å². The molecule has 1 aromatic rings. The normalized spacial score (nSPS) is 13.1. The number of halogens is 1. The minimum absolute atomic E-state index is 0.0273. The smallest absolute Gasteiger partial charge is 0.261 e. The largest absolute Gasteiger partial charge is 0.492 e. The molecule has 19 heavy (non-hydrogen) atoms. The first kappa shape index (κ1) is 15.8. The molecule has 0 fully saturated rings. The van der Waals surface area contributed by atoms with Crippen molar-refractivity contribution in [1.82, 2.24) is 0 Å². The number of carbonyl (C=O) groups excluding carboxylic acids is 1. The fourth-order valence-corrected chi connectivity index (χ4v) is 2.47. The molecule has 0 saturated heterocycles. The minimum atomic E-state index is -3.77. The average molecular weight is 306 g/mol. The van der Waals surface area contributed by atoms with Gasteiger partial charge in [-0.2, -0.15) is 0 Å². The molecule has 1 rings (SSSR count). The van der Waals surface area contributed by atoms with Gasteiger partial charge in [-0.25, -0.2) is 8.42 Å². The fraction of sp³-hybridized carbons (Fsp3) is 0.417. The van der Waals surface area contributed by atoms with E-state index in [4.69, 9.17) is 21.2 Å². The van der Waals surface area contributed by atoms with E-state index in [2.05, 4.69) is 0 Å². The molecule has 1 unspecified atom stereocenters. The predicted molar refractivity (Wildman–Crippen MR) is 72.8 cm³/mol. The highest BCUT2D eigenvalue weighted by atomic mass is 35.7. The lowest BCUT2D eigenvalue weighted by atomic mass is 10.1. The Bertz CT molecular complexity index is 575. The number of primary amides is 1. The van der Waals surface area contributed by atoms with Gasteiger partial charge in [0.2, 0.25) is 5.91 Å². The maximum absolute atomic E-state index is 11.3. The van der Waals surface area contributed by atoms with Gasteiger partial charge in [-0.3, -0.25) is 4.79 Å². The number of amides is 1. The molecule has 0 aliphatic rings. The van der Waals surface area contributed by atoms with E-state index in [1.54, 1.807) is 20.8 Å². The van der Waals surface area contributed by atoms with Gasteiger partial charge >= 0.3 is 0 Å². The summed E-state index contributed by atoms with van der Waals surface area (Å²) in [6.45, 7) is 5.22. The molecule has 0 bridgehead atoms. The van der Waals surface area contributed by atoms with Crippen molar-refractivity contribution in [2.45, 2.75) is 25.7 Å². The Morgan fingerprint density at radius 1 is 1.37 bits per heavy atom. The summed E-state index contributed by atoms with van der Waals surface area (Å²) in [6, 6.07) is 2.86. The fourth-order valence-electron chi connectivity index (χ4n) is 1.57. The molecular weight excluding hydrogens is 290 g/mol. The topological polar surface area (TPSA) is 86.5 Å². The third-order valence-electron chi connectivity index (χ3n) is 2.68. The highest BCUT2D eigenvalue weighted by Gasteiger charge is 2.16. The van der Waals surface area contributed by atoms with Crippen molar-refractivity contribution in [3.05, 3.63) is 23.3 Å². The van der Waals surface area contributed by atoms with E-state index in [1.807, 2.05) is 0 Å². The third kappa shape index (κ3) is 4.11. The highest BCUT2D eigenvalue weighted by molar-refractivity contribution is 8.13. The SMILES string of the molecule is Cc1cc(S(=O)(=O)Cl)cc(C)c1OCC(C)C(N)=O. The molecule has 0 aromatic heterocycles. The first-order valence-electron chi connectivity index (χ1n) is 5.61. The predicted octanol–water partition coefficient (Wildman–Crippen LogP) is 1.73. The van der Waals surface area contributed by atoms with Crippen LogP contribution < -0.4 is 10.5 Å². The van der Waals surface area contributed by atoms with Gasteiger partial charge in [0.15, 0.2) is 0 Å². The van der Waals surface area contributed by atoms with Crippen LogP contribution in [0.3, 0.4) is 0 Å². The summed E-state index contributed by atoms with van der Waals surface area (Å²) in [5, 5.41) is 0. The number of hydrogen-bond donors (Lipinski definition) is 1. The van der Waals surface area contributed by atoms with Crippen molar-refractivity contribution < 1.29 is 17.9 Å². The molecule has 2 N–H and O–H groups in total. The lowest BCUT2D eigenvalue weighted by molar-refractivity contribution is -0.122. The molecule has 0 aliphatic carbocycles. The van der Waals surface area contributed by atoms with Gasteiger partial charge < -0.3 is 10.5 Å². The van der Waals surface area contributed by atoms with Crippen molar-refractivity contribution in [1.29, 1.82) is 0 Å². The first-order valence-corrected chi connectivity index (χ1v) is 7.92. The Labute approximate surface area is 117 Å². The first-order chi connectivity index (χ1) is 8.62. The van der Waals surface area contributed by atoms with Crippen LogP contribution in [0.25, 0.3) is 0 Å². The molecule has 0 heterocycles. The molecule has 5 nitrogen and oxygen atoms in total. The minimum Gasteiger partial charge on any atom is -0.492 e. The second-order valence-electron chi connectivity index (χ2n) is 4.44. The van der Waals surface area contributed by atoms with Crippen molar-refractivity contribution in [2.75, 3.05) is 6.61 Å². The highest BCUT2D eigenvalue weighted by Crippen LogP contribution is 2.28.